The number of hydrogen-bond donors (Lipinski definition) is 1. The minimum absolute atomic E-state index is 0.108. The average molecular weight is 265 g/mol. The van der Waals surface area contributed by atoms with Gasteiger partial charge in [-0.2, -0.15) is 0 Å². The Balaban J connectivity index is 1.78. The molecule has 3 heterocycles. The summed E-state index contributed by atoms with van der Waals surface area (Å²) in [5.41, 5.74) is 0. The molecule has 0 aromatic carbocycles. The molecule has 3 rings (SSSR count). The van der Waals surface area contributed by atoms with E-state index in [9.17, 15) is 4.79 Å². The first-order valence-corrected chi connectivity index (χ1v) is 6.27. The van der Waals surface area contributed by atoms with E-state index in [0.29, 0.717) is 29.8 Å². The molecule has 0 saturated heterocycles. The lowest BCUT2D eigenvalue weighted by molar-refractivity contribution is 0.0706. The molecule has 0 radical (unpaired) electrons. The van der Waals surface area contributed by atoms with Gasteiger partial charge in [0.15, 0.2) is 5.82 Å². The molecule has 0 bridgehead atoms. The molecule has 0 atom stereocenters. The summed E-state index contributed by atoms with van der Waals surface area (Å²) in [6, 6.07) is 0. The molecule has 8 nitrogen and oxygen atoms in total. The molecule has 1 amide bonds. The first-order chi connectivity index (χ1) is 8.78. The maximum atomic E-state index is 12.2. The molecule has 0 saturated carbocycles. The fraction of sp³-hybridized carbons (Fsp3) is 0.444. The highest BCUT2D eigenvalue weighted by atomic mass is 32.1. The number of aromatic nitrogens is 5. The summed E-state index contributed by atoms with van der Waals surface area (Å²) in [5, 5.41) is 19.4. The van der Waals surface area contributed by atoms with Gasteiger partial charge in [-0.25, -0.2) is 0 Å². The molecule has 0 unspecified atom stereocenters. The summed E-state index contributed by atoms with van der Waals surface area (Å²) >= 11 is 1.25. The van der Waals surface area contributed by atoms with Crippen molar-refractivity contribution in [2.24, 2.45) is 0 Å². The topological polar surface area (TPSA) is 88.8 Å². The molecule has 9 heteroatoms. The number of amides is 1. The van der Waals surface area contributed by atoms with Gasteiger partial charge in [-0.05, 0) is 0 Å². The molecular weight excluding hydrogens is 254 g/mol. The van der Waals surface area contributed by atoms with Crippen molar-refractivity contribution in [3.63, 3.8) is 0 Å². The summed E-state index contributed by atoms with van der Waals surface area (Å²) in [6.45, 7) is 1.82. The number of nitrogens with one attached hydrogen (secondary N) is 1. The number of anilines is 1. The lowest BCUT2D eigenvalue weighted by Gasteiger charge is -2.25. The van der Waals surface area contributed by atoms with E-state index in [1.54, 1.807) is 18.3 Å². The van der Waals surface area contributed by atoms with Crippen molar-refractivity contribution in [3.8, 4) is 0 Å². The van der Waals surface area contributed by atoms with Gasteiger partial charge in [0.2, 0.25) is 10.1 Å². The van der Waals surface area contributed by atoms with E-state index >= 15 is 0 Å². The quantitative estimate of drug-likeness (QED) is 0.810. The van der Waals surface area contributed by atoms with Crippen LogP contribution in [-0.4, -0.2) is 49.4 Å². The molecule has 1 aliphatic heterocycles. The van der Waals surface area contributed by atoms with Crippen molar-refractivity contribution in [3.05, 3.63) is 17.2 Å². The van der Waals surface area contributed by atoms with Crippen LogP contribution in [0.3, 0.4) is 0 Å². The maximum Gasteiger partial charge on any atom is 0.285 e. The van der Waals surface area contributed by atoms with Crippen LogP contribution in [-0.2, 0) is 13.1 Å². The van der Waals surface area contributed by atoms with Crippen LogP contribution < -0.4 is 5.32 Å². The molecule has 0 fully saturated rings. The van der Waals surface area contributed by atoms with Gasteiger partial charge >= 0.3 is 0 Å². The Morgan fingerprint density at radius 3 is 3.06 bits per heavy atom. The van der Waals surface area contributed by atoms with Crippen molar-refractivity contribution in [2.45, 2.75) is 13.1 Å². The van der Waals surface area contributed by atoms with Crippen molar-refractivity contribution < 1.29 is 4.79 Å². The lowest BCUT2D eigenvalue weighted by atomic mass is 10.3. The third-order valence-electron chi connectivity index (χ3n) is 2.75. The van der Waals surface area contributed by atoms with Crippen LogP contribution in [0.1, 0.15) is 15.6 Å². The second-order valence-corrected chi connectivity index (χ2v) is 4.81. The van der Waals surface area contributed by atoms with Gasteiger partial charge in [0.05, 0.1) is 6.54 Å². The van der Waals surface area contributed by atoms with Gasteiger partial charge < -0.3 is 14.8 Å². The van der Waals surface area contributed by atoms with Crippen LogP contribution >= 0.6 is 11.3 Å². The summed E-state index contributed by atoms with van der Waals surface area (Å²) < 4.78 is 1.95. The van der Waals surface area contributed by atoms with Crippen LogP contribution in [0.15, 0.2) is 6.33 Å². The van der Waals surface area contributed by atoms with Crippen LogP contribution in [0.25, 0.3) is 0 Å². The van der Waals surface area contributed by atoms with Crippen LogP contribution in [0.5, 0.6) is 0 Å². The first kappa shape index (κ1) is 11.1. The molecule has 94 valence electrons. The zero-order chi connectivity index (χ0) is 12.5. The monoisotopic (exact) mass is 265 g/mol. The molecule has 2 aromatic rings. The molecule has 1 N–H and O–H groups in total. The van der Waals surface area contributed by atoms with Gasteiger partial charge in [-0.3, -0.25) is 4.79 Å². The van der Waals surface area contributed by atoms with Crippen LogP contribution in [0.2, 0.25) is 0 Å². The van der Waals surface area contributed by atoms with Crippen molar-refractivity contribution in [1.29, 1.82) is 0 Å². The Kier molecular flexibility index (Phi) is 2.67. The van der Waals surface area contributed by atoms with Crippen LogP contribution in [0, 0.1) is 0 Å². The third-order valence-corrected chi connectivity index (χ3v) is 3.68. The summed E-state index contributed by atoms with van der Waals surface area (Å²) in [4.78, 5) is 13.9. The van der Waals surface area contributed by atoms with Crippen molar-refractivity contribution >= 4 is 22.4 Å². The fourth-order valence-electron chi connectivity index (χ4n) is 1.79. The number of carbonyl (C=O) groups is 1. The zero-order valence-electron chi connectivity index (χ0n) is 9.70. The zero-order valence-corrected chi connectivity index (χ0v) is 10.5. The number of hydrogen-bond acceptors (Lipinski definition) is 7. The Morgan fingerprint density at radius 1 is 1.39 bits per heavy atom. The molecule has 2 aromatic heterocycles. The van der Waals surface area contributed by atoms with Crippen molar-refractivity contribution in [1.82, 2.24) is 29.9 Å². The summed E-state index contributed by atoms with van der Waals surface area (Å²) in [5.74, 6) is 0.691. The highest BCUT2D eigenvalue weighted by Gasteiger charge is 2.25. The Morgan fingerprint density at radius 2 is 2.28 bits per heavy atom. The van der Waals surface area contributed by atoms with E-state index in [1.165, 1.54) is 11.3 Å². The SMILES string of the molecule is CNc1nnc(C(=O)N2CCn3cnnc3C2)s1. The summed E-state index contributed by atoms with van der Waals surface area (Å²) in [6.07, 6.45) is 1.68. The highest BCUT2D eigenvalue weighted by Crippen LogP contribution is 2.18. The van der Waals surface area contributed by atoms with E-state index < -0.39 is 0 Å². The van der Waals surface area contributed by atoms with Gasteiger partial charge in [0.25, 0.3) is 5.91 Å². The van der Waals surface area contributed by atoms with Gasteiger partial charge in [0.1, 0.15) is 6.33 Å². The Labute approximate surface area is 107 Å². The predicted molar refractivity (Wildman–Crippen MR) is 64.2 cm³/mol. The molecule has 18 heavy (non-hydrogen) atoms. The predicted octanol–water partition coefficient (Wildman–Crippen LogP) is -0.173. The van der Waals surface area contributed by atoms with Gasteiger partial charge in [-0.15, -0.1) is 20.4 Å². The highest BCUT2D eigenvalue weighted by molar-refractivity contribution is 7.17. The second kappa shape index (κ2) is 4.33. The van der Waals surface area contributed by atoms with Crippen LogP contribution in [0.4, 0.5) is 5.13 Å². The third kappa shape index (κ3) is 1.82. The van der Waals surface area contributed by atoms with Gasteiger partial charge in [-0.1, -0.05) is 11.3 Å². The number of rotatable bonds is 2. The standard InChI is InChI=1S/C9H11N7OS/c1-10-9-14-13-7(18-9)8(17)15-2-3-16-5-11-12-6(16)4-15/h5H,2-4H2,1H3,(H,10,14). The first-order valence-electron chi connectivity index (χ1n) is 5.45. The van der Waals surface area contributed by atoms with E-state index in [0.717, 1.165) is 5.82 Å². The molecule has 0 aliphatic carbocycles. The fourth-order valence-corrected chi connectivity index (χ4v) is 2.45. The minimum Gasteiger partial charge on any atom is -0.363 e. The van der Waals surface area contributed by atoms with E-state index in [-0.39, 0.29) is 5.91 Å². The maximum absolute atomic E-state index is 12.2. The average Bonchev–Trinajstić information content (AvgIpc) is 3.05. The summed E-state index contributed by atoms with van der Waals surface area (Å²) in [7, 11) is 1.75. The normalized spacial score (nSPS) is 14.4. The van der Waals surface area contributed by atoms with E-state index in [2.05, 4.69) is 25.7 Å². The number of carbonyl (C=O) groups excluding carboxylic acids is 1. The smallest absolute Gasteiger partial charge is 0.285 e. The number of nitrogens with zero attached hydrogens (tertiary/aromatic N) is 6. The molecular formula is C9H11N7OS. The van der Waals surface area contributed by atoms with E-state index in [1.807, 2.05) is 4.57 Å². The Hall–Kier alpha value is -2.03. The second-order valence-electron chi connectivity index (χ2n) is 3.83. The lowest BCUT2D eigenvalue weighted by Crippen LogP contribution is -2.38. The van der Waals surface area contributed by atoms with Crippen molar-refractivity contribution in [2.75, 3.05) is 18.9 Å². The molecule has 1 aliphatic rings. The van der Waals surface area contributed by atoms with Gasteiger partial charge in [0, 0.05) is 20.1 Å². The minimum atomic E-state index is -0.108. The largest absolute Gasteiger partial charge is 0.363 e. The molecule has 0 spiro atoms. The number of fused-ring (bicyclic) bond motifs is 1. The Bertz CT molecular complexity index is 577. The van der Waals surface area contributed by atoms with E-state index in [4.69, 9.17) is 0 Å².